The van der Waals surface area contributed by atoms with Crippen molar-refractivity contribution in [3.63, 3.8) is 0 Å². The highest BCUT2D eigenvalue weighted by Crippen LogP contribution is 2.35. The van der Waals surface area contributed by atoms with E-state index in [0.717, 1.165) is 36.1 Å². The summed E-state index contributed by atoms with van der Waals surface area (Å²) in [7, 11) is 0. The highest BCUT2D eigenvalue weighted by atomic mass is 16.8. The summed E-state index contributed by atoms with van der Waals surface area (Å²) in [5.74, 6) is -2.15. The van der Waals surface area contributed by atoms with Crippen LogP contribution in [0.1, 0.15) is 43.0 Å². The quantitative estimate of drug-likeness (QED) is 0.0968. The topological polar surface area (TPSA) is 164 Å². The van der Waals surface area contributed by atoms with E-state index >= 15 is 0 Å². The minimum Gasteiger partial charge on any atom is -0.463 e. The first-order chi connectivity index (χ1) is 29.1. The van der Waals surface area contributed by atoms with Gasteiger partial charge in [-0.3, -0.25) is 14.4 Å². The Labute approximate surface area is 349 Å². The molecule has 0 saturated carbocycles. The largest absolute Gasteiger partial charge is 0.463 e. The zero-order valence-corrected chi connectivity index (χ0v) is 33.8. The zero-order valence-electron chi connectivity index (χ0n) is 33.8. The van der Waals surface area contributed by atoms with Crippen LogP contribution in [0.5, 0.6) is 0 Å². The van der Waals surface area contributed by atoms with Gasteiger partial charge in [0.2, 0.25) is 0 Å². The van der Waals surface area contributed by atoms with Crippen molar-refractivity contribution in [1.29, 1.82) is 0 Å². The van der Waals surface area contributed by atoms with Gasteiger partial charge < -0.3 is 52.5 Å². The standard InChI is InChI=1S/C46H52O14/c1-30(47)52-29-38-40(56-31(2)48)42(57-32(3)49)43(45(50)58-38)60-46-44(55-27-36-22-14-7-15-23-36)41(54-26-35-20-12-6-13-21-35)39(53-25-34-18-10-5-11-19-34)37(59-46)28-51-24-33-16-8-4-9-17-33/h4-23,37-46,50H,24-29H2,1-3H3/t37-,38-,39-,40-,41+,42+,43+,44+,45+,46-/m1/s1. The van der Waals surface area contributed by atoms with Crippen molar-refractivity contribution in [1.82, 2.24) is 0 Å². The summed E-state index contributed by atoms with van der Waals surface area (Å²) < 4.78 is 62.2. The molecule has 2 heterocycles. The predicted octanol–water partition coefficient (Wildman–Crippen LogP) is 5.21. The molecule has 0 aliphatic carbocycles. The summed E-state index contributed by atoms with van der Waals surface area (Å²) in [5.41, 5.74) is 3.58. The monoisotopic (exact) mass is 828 g/mol. The second kappa shape index (κ2) is 22.5. The number of ether oxygens (including phenoxy) is 10. The van der Waals surface area contributed by atoms with E-state index in [0.29, 0.717) is 0 Å². The number of benzene rings is 4. The number of esters is 3. The maximum absolute atomic E-state index is 12.6. The lowest BCUT2D eigenvalue weighted by Gasteiger charge is -2.49. The van der Waals surface area contributed by atoms with Crippen LogP contribution in [0.2, 0.25) is 0 Å². The Bertz CT molecular complexity index is 1900. The molecular weight excluding hydrogens is 776 g/mol. The summed E-state index contributed by atoms with van der Waals surface area (Å²) in [6.07, 6.45) is -12.4. The van der Waals surface area contributed by atoms with E-state index in [1.807, 2.05) is 121 Å². The second-order valence-electron chi connectivity index (χ2n) is 14.4. The van der Waals surface area contributed by atoms with E-state index in [1.54, 1.807) is 0 Å². The lowest BCUT2D eigenvalue weighted by molar-refractivity contribution is -0.373. The third-order valence-electron chi connectivity index (χ3n) is 9.80. The van der Waals surface area contributed by atoms with Crippen LogP contribution in [0.3, 0.4) is 0 Å². The molecule has 0 amide bonds. The van der Waals surface area contributed by atoms with E-state index in [4.69, 9.17) is 47.4 Å². The van der Waals surface area contributed by atoms with E-state index in [9.17, 15) is 19.5 Å². The van der Waals surface area contributed by atoms with Gasteiger partial charge in [-0.25, -0.2) is 0 Å². The molecule has 60 heavy (non-hydrogen) atoms. The molecule has 14 nitrogen and oxygen atoms in total. The molecule has 2 saturated heterocycles. The molecule has 2 fully saturated rings. The third kappa shape index (κ3) is 13.0. The molecule has 4 aromatic rings. The first kappa shape index (κ1) is 44.5. The molecule has 0 bridgehead atoms. The summed E-state index contributed by atoms with van der Waals surface area (Å²) in [6.45, 7) is 3.83. The molecule has 320 valence electrons. The first-order valence-electron chi connectivity index (χ1n) is 19.8. The molecule has 0 radical (unpaired) electrons. The fourth-order valence-corrected chi connectivity index (χ4v) is 7.04. The molecular formula is C46H52O14. The molecule has 1 N–H and O–H groups in total. The van der Waals surface area contributed by atoms with E-state index < -0.39 is 85.9 Å². The number of carbonyl (C=O) groups excluding carboxylic acids is 3. The van der Waals surface area contributed by atoms with Gasteiger partial charge in [0.05, 0.1) is 33.0 Å². The SMILES string of the molecule is CC(=O)OC[C@H]1O[C@H](O)[C@@H](O[C@H]2O[C@H](COCc3ccccc3)[C@@H](OCc3ccccc3)[C@H](OCc3ccccc3)[C@@H]2OCc2ccccc2)[C@@H](OC(C)=O)[C@@H]1OC(C)=O. The van der Waals surface area contributed by atoms with E-state index in [-0.39, 0.29) is 33.0 Å². The summed E-state index contributed by atoms with van der Waals surface area (Å²) in [5, 5.41) is 11.6. The van der Waals surface area contributed by atoms with Gasteiger partial charge in [0.1, 0.15) is 37.1 Å². The zero-order chi connectivity index (χ0) is 42.3. The van der Waals surface area contributed by atoms with Gasteiger partial charge in [0.15, 0.2) is 30.9 Å². The fraction of sp³-hybridized carbons (Fsp3) is 0.413. The Balaban J connectivity index is 1.38. The highest BCUT2D eigenvalue weighted by Gasteiger charge is 2.55. The molecule has 2 aliphatic rings. The Morgan fingerprint density at radius 2 is 0.917 bits per heavy atom. The van der Waals surface area contributed by atoms with Crippen LogP contribution in [0, 0.1) is 0 Å². The van der Waals surface area contributed by atoms with Gasteiger partial charge in [-0.2, -0.15) is 0 Å². The average molecular weight is 829 g/mol. The molecule has 6 rings (SSSR count). The van der Waals surface area contributed by atoms with Crippen LogP contribution in [-0.2, 0) is 88.2 Å². The minimum absolute atomic E-state index is 0.0163. The summed E-state index contributed by atoms with van der Waals surface area (Å²) in [6, 6.07) is 38.4. The van der Waals surface area contributed by atoms with Crippen LogP contribution >= 0.6 is 0 Å². The summed E-state index contributed by atoms with van der Waals surface area (Å²) in [4.78, 5) is 36.9. The molecule has 14 heteroatoms. The number of aliphatic hydroxyl groups is 1. The highest BCUT2D eigenvalue weighted by molar-refractivity contribution is 5.68. The maximum atomic E-state index is 12.6. The van der Waals surface area contributed by atoms with Gasteiger partial charge in [-0.1, -0.05) is 121 Å². The van der Waals surface area contributed by atoms with Crippen molar-refractivity contribution in [3.8, 4) is 0 Å². The third-order valence-corrected chi connectivity index (χ3v) is 9.80. The van der Waals surface area contributed by atoms with Gasteiger partial charge >= 0.3 is 17.9 Å². The van der Waals surface area contributed by atoms with E-state index in [1.165, 1.54) is 6.92 Å². The van der Waals surface area contributed by atoms with Crippen LogP contribution in [-0.4, -0.2) is 97.6 Å². The predicted molar refractivity (Wildman–Crippen MR) is 213 cm³/mol. The Kier molecular flexibility index (Phi) is 16.7. The fourth-order valence-electron chi connectivity index (χ4n) is 7.04. The molecule has 10 atom stereocenters. The van der Waals surface area contributed by atoms with Gasteiger partial charge in [0.25, 0.3) is 0 Å². The smallest absolute Gasteiger partial charge is 0.303 e. The van der Waals surface area contributed by atoms with Crippen molar-refractivity contribution >= 4 is 17.9 Å². The molecule has 2 aliphatic heterocycles. The molecule has 4 aromatic carbocycles. The van der Waals surface area contributed by atoms with Crippen LogP contribution in [0.15, 0.2) is 121 Å². The van der Waals surface area contributed by atoms with Gasteiger partial charge in [-0.15, -0.1) is 0 Å². The lowest BCUT2D eigenvalue weighted by Crippen LogP contribution is -2.66. The Morgan fingerprint density at radius 1 is 0.483 bits per heavy atom. The van der Waals surface area contributed by atoms with Crippen molar-refractivity contribution in [2.45, 2.75) is 109 Å². The van der Waals surface area contributed by atoms with Crippen molar-refractivity contribution < 1.29 is 66.9 Å². The summed E-state index contributed by atoms with van der Waals surface area (Å²) >= 11 is 0. The second-order valence-corrected chi connectivity index (χ2v) is 14.4. The number of carbonyl (C=O) groups is 3. The lowest BCUT2D eigenvalue weighted by atomic mass is 9.96. The van der Waals surface area contributed by atoms with Gasteiger partial charge in [0, 0.05) is 20.8 Å². The Hall–Kier alpha value is -5.03. The normalized spacial score (nSPS) is 26.5. The van der Waals surface area contributed by atoms with Crippen molar-refractivity contribution in [3.05, 3.63) is 144 Å². The van der Waals surface area contributed by atoms with E-state index in [2.05, 4.69) is 0 Å². The van der Waals surface area contributed by atoms with Gasteiger partial charge in [-0.05, 0) is 22.3 Å². The average Bonchev–Trinajstić information content (AvgIpc) is 3.24. The number of hydrogen-bond acceptors (Lipinski definition) is 14. The number of rotatable bonds is 19. The molecule has 0 unspecified atom stereocenters. The maximum Gasteiger partial charge on any atom is 0.303 e. The number of hydrogen-bond donors (Lipinski definition) is 1. The minimum atomic E-state index is -1.80. The van der Waals surface area contributed by atoms with Crippen LogP contribution < -0.4 is 0 Å². The first-order valence-corrected chi connectivity index (χ1v) is 19.8. The van der Waals surface area contributed by atoms with Crippen LogP contribution in [0.25, 0.3) is 0 Å². The molecule has 0 spiro atoms. The van der Waals surface area contributed by atoms with Crippen molar-refractivity contribution in [2.75, 3.05) is 13.2 Å². The van der Waals surface area contributed by atoms with Crippen molar-refractivity contribution in [2.24, 2.45) is 0 Å². The molecule has 0 aromatic heterocycles. The Morgan fingerprint density at radius 3 is 1.40 bits per heavy atom. The van der Waals surface area contributed by atoms with Crippen LogP contribution in [0.4, 0.5) is 0 Å². The number of aliphatic hydroxyl groups excluding tert-OH is 1.